The lowest BCUT2D eigenvalue weighted by molar-refractivity contribution is 0.112. The summed E-state index contributed by atoms with van der Waals surface area (Å²) in [5, 5.41) is 4.12. The molecule has 0 aliphatic rings. The predicted octanol–water partition coefficient (Wildman–Crippen LogP) is 3.51. The molecule has 8 heteroatoms. The van der Waals surface area contributed by atoms with Crippen LogP contribution in [0.15, 0.2) is 18.2 Å². The van der Waals surface area contributed by atoms with Crippen LogP contribution in [0.3, 0.4) is 0 Å². The van der Waals surface area contributed by atoms with Gasteiger partial charge in [-0.2, -0.15) is 0 Å². The molecule has 2 heterocycles. The number of aromatic nitrogens is 3. The first-order chi connectivity index (χ1) is 12.4. The molecule has 2 aromatic heterocycles. The van der Waals surface area contributed by atoms with Crippen molar-refractivity contribution in [1.29, 1.82) is 0 Å². The van der Waals surface area contributed by atoms with Crippen molar-refractivity contribution in [3.05, 3.63) is 40.3 Å². The number of nitrogens with zero attached hydrogens (tertiary/aromatic N) is 3. The fourth-order valence-corrected chi connectivity index (χ4v) is 2.82. The van der Waals surface area contributed by atoms with Crippen LogP contribution in [0.1, 0.15) is 16.1 Å². The minimum absolute atomic E-state index is 0.320. The van der Waals surface area contributed by atoms with Gasteiger partial charge in [0.05, 0.1) is 17.0 Å². The molecule has 0 amide bonds. The zero-order valence-corrected chi connectivity index (χ0v) is 15.5. The van der Waals surface area contributed by atoms with Gasteiger partial charge >= 0.3 is 0 Å². The first kappa shape index (κ1) is 18.3. The SMILES string of the molecule is Cc1nc(-c2[nH]c3ccc(F)cc3c2C=O)nc(NCCN(C)C)c1Cl. The lowest BCUT2D eigenvalue weighted by Crippen LogP contribution is -2.21. The van der Waals surface area contributed by atoms with Gasteiger partial charge < -0.3 is 15.2 Å². The number of hydrogen-bond acceptors (Lipinski definition) is 5. The maximum Gasteiger partial charge on any atom is 0.179 e. The molecule has 26 heavy (non-hydrogen) atoms. The van der Waals surface area contributed by atoms with Crippen molar-refractivity contribution in [2.24, 2.45) is 0 Å². The minimum Gasteiger partial charge on any atom is -0.367 e. The second-order valence-electron chi connectivity index (χ2n) is 6.25. The molecule has 136 valence electrons. The van der Waals surface area contributed by atoms with E-state index >= 15 is 0 Å². The molecule has 2 N–H and O–H groups in total. The van der Waals surface area contributed by atoms with Gasteiger partial charge in [0.1, 0.15) is 16.7 Å². The van der Waals surface area contributed by atoms with E-state index in [4.69, 9.17) is 11.6 Å². The predicted molar refractivity (Wildman–Crippen MR) is 101 cm³/mol. The molecule has 0 radical (unpaired) electrons. The number of likely N-dealkylation sites (N-methyl/N-ethyl adjacent to an activating group) is 1. The van der Waals surface area contributed by atoms with Gasteiger partial charge in [-0.05, 0) is 39.2 Å². The Kier molecular flexibility index (Phi) is 5.20. The molecule has 3 aromatic rings. The van der Waals surface area contributed by atoms with Gasteiger partial charge in [0.25, 0.3) is 0 Å². The van der Waals surface area contributed by atoms with E-state index in [1.165, 1.54) is 12.1 Å². The summed E-state index contributed by atoms with van der Waals surface area (Å²) in [4.78, 5) is 25.6. The standard InChI is InChI=1S/C18H19ClFN5O/c1-10-15(19)17(21-6-7-25(2)3)24-18(22-10)16-13(9-26)12-8-11(20)4-5-14(12)23-16/h4-5,8-9,23H,6-7H2,1-3H3,(H,21,22,24). The van der Waals surface area contributed by atoms with E-state index in [-0.39, 0.29) is 0 Å². The van der Waals surface area contributed by atoms with E-state index in [0.29, 0.717) is 57.4 Å². The molecular formula is C18H19ClFN5O. The van der Waals surface area contributed by atoms with Crippen molar-refractivity contribution in [2.75, 3.05) is 32.5 Å². The highest BCUT2D eigenvalue weighted by Gasteiger charge is 2.18. The van der Waals surface area contributed by atoms with Crippen LogP contribution in [0.25, 0.3) is 22.4 Å². The van der Waals surface area contributed by atoms with Crippen molar-refractivity contribution in [1.82, 2.24) is 19.9 Å². The number of rotatable bonds is 6. The summed E-state index contributed by atoms with van der Waals surface area (Å²) in [5.41, 5.74) is 1.99. The Balaban J connectivity index is 2.07. The van der Waals surface area contributed by atoms with Crippen molar-refractivity contribution in [2.45, 2.75) is 6.92 Å². The van der Waals surface area contributed by atoms with E-state index < -0.39 is 5.82 Å². The van der Waals surface area contributed by atoms with Crippen LogP contribution in [-0.2, 0) is 0 Å². The average Bonchev–Trinajstić information content (AvgIpc) is 2.95. The van der Waals surface area contributed by atoms with Crippen LogP contribution in [0.5, 0.6) is 0 Å². The summed E-state index contributed by atoms with van der Waals surface area (Å²) in [6.45, 7) is 3.23. The van der Waals surface area contributed by atoms with E-state index in [1.54, 1.807) is 13.0 Å². The summed E-state index contributed by atoms with van der Waals surface area (Å²) in [5.74, 6) is 0.418. The van der Waals surface area contributed by atoms with E-state index in [2.05, 4.69) is 20.3 Å². The second kappa shape index (κ2) is 7.39. The number of anilines is 1. The average molecular weight is 376 g/mol. The Morgan fingerprint density at radius 3 is 2.81 bits per heavy atom. The number of nitrogens with one attached hydrogen (secondary N) is 2. The van der Waals surface area contributed by atoms with Gasteiger partial charge in [-0.25, -0.2) is 14.4 Å². The molecular weight excluding hydrogens is 357 g/mol. The molecule has 0 spiro atoms. The van der Waals surface area contributed by atoms with Gasteiger partial charge in [-0.1, -0.05) is 11.6 Å². The molecule has 0 saturated carbocycles. The highest BCUT2D eigenvalue weighted by atomic mass is 35.5. The monoisotopic (exact) mass is 375 g/mol. The fourth-order valence-electron chi connectivity index (χ4n) is 2.67. The van der Waals surface area contributed by atoms with Crippen molar-refractivity contribution < 1.29 is 9.18 Å². The van der Waals surface area contributed by atoms with Crippen LogP contribution >= 0.6 is 11.6 Å². The van der Waals surface area contributed by atoms with Crippen LogP contribution in [0.4, 0.5) is 10.2 Å². The molecule has 0 bridgehead atoms. The van der Waals surface area contributed by atoms with Gasteiger partial charge in [-0.15, -0.1) is 0 Å². The molecule has 3 rings (SSSR count). The molecule has 1 aromatic carbocycles. The molecule has 0 aliphatic carbocycles. The Morgan fingerprint density at radius 1 is 1.35 bits per heavy atom. The molecule has 0 fully saturated rings. The number of aldehydes is 1. The van der Waals surface area contributed by atoms with Crippen molar-refractivity contribution >= 4 is 34.6 Å². The van der Waals surface area contributed by atoms with Crippen LogP contribution in [0, 0.1) is 12.7 Å². The van der Waals surface area contributed by atoms with Gasteiger partial charge in [0, 0.05) is 24.0 Å². The number of aryl methyl sites for hydroxylation is 1. The van der Waals surface area contributed by atoms with E-state index in [0.717, 1.165) is 6.54 Å². The van der Waals surface area contributed by atoms with Crippen LogP contribution in [0.2, 0.25) is 5.02 Å². The Morgan fingerprint density at radius 2 is 2.12 bits per heavy atom. The summed E-state index contributed by atoms with van der Waals surface area (Å²) in [6, 6.07) is 4.23. The van der Waals surface area contributed by atoms with Crippen molar-refractivity contribution in [3.8, 4) is 11.5 Å². The summed E-state index contributed by atoms with van der Waals surface area (Å²) >= 11 is 6.31. The second-order valence-corrected chi connectivity index (χ2v) is 6.62. The summed E-state index contributed by atoms with van der Waals surface area (Å²) < 4.78 is 13.6. The summed E-state index contributed by atoms with van der Waals surface area (Å²) in [6.07, 6.45) is 0.681. The largest absolute Gasteiger partial charge is 0.367 e. The number of benzene rings is 1. The number of carbonyl (C=O) groups is 1. The maximum absolute atomic E-state index is 13.6. The Hall–Kier alpha value is -2.51. The number of fused-ring (bicyclic) bond motifs is 1. The quantitative estimate of drug-likeness (QED) is 0.645. The van der Waals surface area contributed by atoms with E-state index in [9.17, 15) is 9.18 Å². The molecule has 0 aliphatic heterocycles. The van der Waals surface area contributed by atoms with Crippen LogP contribution < -0.4 is 5.32 Å². The topological polar surface area (TPSA) is 73.9 Å². The number of aromatic amines is 1. The highest BCUT2D eigenvalue weighted by Crippen LogP contribution is 2.31. The first-order valence-electron chi connectivity index (χ1n) is 8.10. The maximum atomic E-state index is 13.6. The van der Waals surface area contributed by atoms with Crippen molar-refractivity contribution in [3.63, 3.8) is 0 Å². The van der Waals surface area contributed by atoms with E-state index in [1.807, 2.05) is 19.0 Å². The lowest BCUT2D eigenvalue weighted by atomic mass is 10.1. The normalized spacial score (nSPS) is 11.3. The molecule has 0 unspecified atom stereocenters. The molecule has 6 nitrogen and oxygen atoms in total. The third-order valence-electron chi connectivity index (χ3n) is 4.01. The van der Waals surface area contributed by atoms with Gasteiger partial charge in [-0.3, -0.25) is 4.79 Å². The number of H-pyrrole nitrogens is 1. The fraction of sp³-hybridized carbons (Fsp3) is 0.278. The number of carbonyl (C=O) groups excluding carboxylic acids is 1. The first-order valence-corrected chi connectivity index (χ1v) is 8.48. The Bertz CT molecular complexity index is 970. The molecule has 0 atom stereocenters. The van der Waals surface area contributed by atoms with Gasteiger partial charge in [0.2, 0.25) is 0 Å². The highest BCUT2D eigenvalue weighted by molar-refractivity contribution is 6.33. The summed E-state index contributed by atoms with van der Waals surface area (Å²) in [7, 11) is 3.94. The minimum atomic E-state index is -0.412. The zero-order valence-electron chi connectivity index (χ0n) is 14.7. The zero-order chi connectivity index (χ0) is 18.8. The van der Waals surface area contributed by atoms with Gasteiger partial charge in [0.15, 0.2) is 12.1 Å². The molecule has 0 saturated heterocycles. The Labute approximate surface area is 155 Å². The third kappa shape index (κ3) is 3.54. The number of halogens is 2. The number of hydrogen-bond donors (Lipinski definition) is 2. The third-order valence-corrected chi connectivity index (χ3v) is 4.46. The lowest BCUT2D eigenvalue weighted by Gasteiger charge is -2.13. The smallest absolute Gasteiger partial charge is 0.179 e. The van der Waals surface area contributed by atoms with Crippen LogP contribution in [-0.4, -0.2) is 53.3 Å².